The first kappa shape index (κ1) is 17.7. The quantitative estimate of drug-likeness (QED) is 0.817. The van der Waals surface area contributed by atoms with Gasteiger partial charge < -0.3 is 9.64 Å². The number of fused-ring (bicyclic) bond motifs is 2. The maximum Gasteiger partial charge on any atom is 0.254 e. The van der Waals surface area contributed by atoms with Gasteiger partial charge in [0.25, 0.3) is 5.91 Å². The molecule has 4 heterocycles. The molecule has 28 heavy (non-hydrogen) atoms. The van der Waals surface area contributed by atoms with Gasteiger partial charge in [0.1, 0.15) is 11.6 Å². The molecule has 0 unspecified atom stereocenters. The first-order chi connectivity index (χ1) is 13.7. The van der Waals surface area contributed by atoms with Crippen molar-refractivity contribution in [2.75, 3.05) is 26.7 Å². The molecule has 4 nitrogen and oxygen atoms in total. The van der Waals surface area contributed by atoms with Gasteiger partial charge in [0.05, 0.1) is 13.2 Å². The Bertz CT molecular complexity index is 859. The van der Waals surface area contributed by atoms with Gasteiger partial charge in [-0.15, -0.1) is 0 Å². The summed E-state index contributed by atoms with van der Waals surface area (Å²) in [5.41, 5.74) is 1.84. The van der Waals surface area contributed by atoms with Crippen LogP contribution >= 0.6 is 0 Å². The molecule has 146 valence electrons. The minimum atomic E-state index is -0.310. The summed E-state index contributed by atoms with van der Waals surface area (Å²) in [6.07, 6.45) is 2.31. The molecule has 0 aromatic heterocycles. The third-order valence-corrected chi connectivity index (χ3v) is 6.89. The number of halogens is 1. The van der Waals surface area contributed by atoms with Crippen molar-refractivity contribution in [3.8, 4) is 5.75 Å². The topological polar surface area (TPSA) is 32.8 Å². The summed E-state index contributed by atoms with van der Waals surface area (Å²) in [6, 6.07) is 14.8. The first-order valence-corrected chi connectivity index (χ1v) is 10.1. The van der Waals surface area contributed by atoms with Crippen LogP contribution in [0.15, 0.2) is 48.5 Å². The molecular weight excluding hydrogens is 355 g/mol. The van der Waals surface area contributed by atoms with Gasteiger partial charge >= 0.3 is 0 Å². The Balaban J connectivity index is 1.49. The molecule has 0 aliphatic carbocycles. The van der Waals surface area contributed by atoms with E-state index in [-0.39, 0.29) is 17.8 Å². The highest BCUT2D eigenvalue weighted by molar-refractivity contribution is 5.94. The van der Waals surface area contributed by atoms with Crippen molar-refractivity contribution in [3.63, 3.8) is 0 Å². The van der Waals surface area contributed by atoms with E-state index in [1.807, 2.05) is 12.1 Å². The van der Waals surface area contributed by atoms with Gasteiger partial charge in [-0.3, -0.25) is 9.69 Å². The predicted molar refractivity (Wildman–Crippen MR) is 105 cm³/mol. The molecule has 2 aromatic rings. The van der Waals surface area contributed by atoms with Gasteiger partial charge in [0, 0.05) is 24.1 Å². The summed E-state index contributed by atoms with van der Waals surface area (Å²) in [4.78, 5) is 18.0. The molecule has 4 aliphatic heterocycles. The summed E-state index contributed by atoms with van der Waals surface area (Å²) in [5.74, 6) is 1.42. The Morgan fingerprint density at radius 2 is 1.68 bits per heavy atom. The molecule has 2 aromatic carbocycles. The number of hydrogen-bond acceptors (Lipinski definition) is 3. The number of piperidine rings is 3. The zero-order valence-corrected chi connectivity index (χ0v) is 16.1. The average Bonchev–Trinajstić information content (AvgIpc) is 3.17. The molecule has 2 bridgehead atoms. The van der Waals surface area contributed by atoms with E-state index in [9.17, 15) is 9.18 Å². The van der Waals surface area contributed by atoms with E-state index in [4.69, 9.17) is 4.74 Å². The Kier molecular flexibility index (Phi) is 4.35. The van der Waals surface area contributed by atoms with E-state index in [1.54, 1.807) is 19.2 Å². The number of amides is 1. The monoisotopic (exact) mass is 380 g/mol. The van der Waals surface area contributed by atoms with Gasteiger partial charge in [-0.1, -0.05) is 12.1 Å². The number of benzene rings is 2. The maximum atomic E-state index is 13.3. The minimum Gasteiger partial charge on any atom is -0.497 e. The van der Waals surface area contributed by atoms with E-state index in [2.05, 4.69) is 21.9 Å². The lowest BCUT2D eigenvalue weighted by atomic mass is 9.75. The average molecular weight is 380 g/mol. The van der Waals surface area contributed by atoms with Crippen LogP contribution in [0, 0.1) is 11.7 Å². The second-order valence-electron chi connectivity index (χ2n) is 8.20. The van der Waals surface area contributed by atoms with Gasteiger partial charge in [-0.2, -0.15) is 0 Å². The number of methoxy groups -OCH3 is 1. The van der Waals surface area contributed by atoms with E-state index < -0.39 is 0 Å². The number of hydrogen-bond donors (Lipinski definition) is 0. The van der Waals surface area contributed by atoms with Crippen LogP contribution < -0.4 is 4.74 Å². The second-order valence-corrected chi connectivity index (χ2v) is 8.20. The smallest absolute Gasteiger partial charge is 0.254 e. The van der Waals surface area contributed by atoms with Crippen LogP contribution in [0.3, 0.4) is 0 Å². The molecular formula is C23H25FN2O2. The number of likely N-dealkylation sites (tertiary alicyclic amines) is 1. The van der Waals surface area contributed by atoms with E-state index in [0.717, 1.165) is 31.7 Å². The standard InChI is InChI=1S/C23H25FN2O2/c1-28-19-8-4-15(5-9-19)20-14-26(23(27)17-2-6-18(24)7-3-17)21-16-10-12-25(13-11-16)22(20)21/h2-9,16,20-22H,10-14H2,1H3/t20-,21+,22+/m0/s1. The first-order valence-electron chi connectivity index (χ1n) is 10.1. The zero-order chi connectivity index (χ0) is 19.3. The van der Waals surface area contributed by atoms with Crippen LogP contribution in [0.25, 0.3) is 0 Å². The Morgan fingerprint density at radius 3 is 2.32 bits per heavy atom. The second kappa shape index (κ2) is 6.89. The lowest BCUT2D eigenvalue weighted by Gasteiger charge is -2.51. The van der Waals surface area contributed by atoms with Crippen molar-refractivity contribution < 1.29 is 13.9 Å². The van der Waals surface area contributed by atoms with Crippen molar-refractivity contribution in [3.05, 3.63) is 65.5 Å². The normalized spacial score (nSPS) is 30.9. The third-order valence-electron chi connectivity index (χ3n) is 6.89. The molecule has 5 heteroatoms. The number of ether oxygens (including phenoxy) is 1. The summed E-state index contributed by atoms with van der Waals surface area (Å²) < 4.78 is 18.6. The summed E-state index contributed by atoms with van der Waals surface area (Å²) >= 11 is 0. The maximum absolute atomic E-state index is 13.3. The minimum absolute atomic E-state index is 0.0276. The molecule has 6 rings (SSSR count). The highest BCUT2D eigenvalue weighted by Crippen LogP contribution is 2.47. The Morgan fingerprint density at radius 1 is 1.00 bits per heavy atom. The number of nitrogens with zero attached hydrogens (tertiary/aromatic N) is 2. The molecule has 0 saturated carbocycles. The lowest BCUT2D eigenvalue weighted by molar-refractivity contribution is -0.00341. The van der Waals surface area contributed by atoms with Crippen molar-refractivity contribution >= 4 is 5.91 Å². The molecule has 1 amide bonds. The van der Waals surface area contributed by atoms with E-state index in [1.165, 1.54) is 17.7 Å². The van der Waals surface area contributed by atoms with Crippen molar-refractivity contribution in [2.45, 2.75) is 30.8 Å². The molecule has 3 atom stereocenters. The van der Waals surface area contributed by atoms with Crippen LogP contribution in [-0.2, 0) is 0 Å². The Labute approximate surface area is 164 Å². The SMILES string of the molecule is COc1ccc([C@@H]2CN(C(=O)c3ccc(F)cc3)[C@@H]3C4CCN(CC4)[C@@H]32)cc1. The van der Waals surface area contributed by atoms with Gasteiger partial charge in [0.2, 0.25) is 0 Å². The molecule has 0 radical (unpaired) electrons. The largest absolute Gasteiger partial charge is 0.497 e. The highest BCUT2D eigenvalue weighted by atomic mass is 19.1. The number of carbonyl (C=O) groups is 1. The summed E-state index contributed by atoms with van der Waals surface area (Å²) in [7, 11) is 1.68. The fourth-order valence-electron chi connectivity index (χ4n) is 5.56. The van der Waals surface area contributed by atoms with E-state index >= 15 is 0 Å². The van der Waals surface area contributed by atoms with Crippen LogP contribution in [0.4, 0.5) is 4.39 Å². The van der Waals surface area contributed by atoms with Crippen molar-refractivity contribution in [1.29, 1.82) is 0 Å². The fourth-order valence-corrected chi connectivity index (χ4v) is 5.56. The fraction of sp³-hybridized carbons (Fsp3) is 0.435. The third kappa shape index (κ3) is 2.80. The number of rotatable bonds is 3. The summed E-state index contributed by atoms with van der Waals surface area (Å²) in [6.45, 7) is 2.96. The van der Waals surface area contributed by atoms with Crippen LogP contribution in [-0.4, -0.2) is 54.5 Å². The van der Waals surface area contributed by atoms with Gasteiger partial charge in [-0.25, -0.2) is 4.39 Å². The van der Waals surface area contributed by atoms with Crippen LogP contribution in [0.2, 0.25) is 0 Å². The van der Waals surface area contributed by atoms with Gasteiger partial charge in [0.15, 0.2) is 0 Å². The van der Waals surface area contributed by atoms with Gasteiger partial charge in [-0.05, 0) is 73.8 Å². The lowest BCUT2D eigenvalue weighted by Crippen LogP contribution is -2.60. The van der Waals surface area contributed by atoms with E-state index in [0.29, 0.717) is 30.0 Å². The molecule has 0 N–H and O–H groups in total. The highest BCUT2D eigenvalue weighted by Gasteiger charge is 2.54. The Hall–Kier alpha value is -2.40. The van der Waals surface area contributed by atoms with Crippen molar-refractivity contribution in [1.82, 2.24) is 9.80 Å². The summed E-state index contributed by atoms with van der Waals surface area (Å²) in [5, 5.41) is 0. The van der Waals surface area contributed by atoms with Crippen LogP contribution in [0.1, 0.15) is 34.7 Å². The van der Waals surface area contributed by atoms with Crippen molar-refractivity contribution in [2.24, 2.45) is 5.92 Å². The molecule has 0 spiro atoms. The molecule has 4 saturated heterocycles. The van der Waals surface area contributed by atoms with Crippen LogP contribution in [0.5, 0.6) is 5.75 Å². The molecule has 4 aliphatic rings. The molecule has 4 fully saturated rings. The predicted octanol–water partition coefficient (Wildman–Crippen LogP) is 3.54. The zero-order valence-electron chi connectivity index (χ0n) is 16.1. The number of carbonyl (C=O) groups excluding carboxylic acids is 1.